The van der Waals surface area contributed by atoms with Crippen molar-refractivity contribution in [2.75, 3.05) is 18.7 Å². The topological polar surface area (TPSA) is 72.5 Å². The molecule has 0 aliphatic heterocycles. The zero-order valence-corrected chi connectivity index (χ0v) is 12.5. The third-order valence-corrected chi connectivity index (χ3v) is 3.98. The highest BCUT2D eigenvalue weighted by Crippen LogP contribution is 2.17. The summed E-state index contributed by atoms with van der Waals surface area (Å²) in [6.45, 7) is 0. The van der Waals surface area contributed by atoms with Gasteiger partial charge in [0.2, 0.25) is 0 Å². The molecule has 110 valence electrons. The molecule has 0 heterocycles. The van der Waals surface area contributed by atoms with E-state index in [1.54, 1.807) is 43.5 Å². The third kappa shape index (κ3) is 3.82. The van der Waals surface area contributed by atoms with Crippen LogP contribution in [0.3, 0.4) is 0 Å². The van der Waals surface area contributed by atoms with Gasteiger partial charge in [-0.2, -0.15) is 0 Å². The summed E-state index contributed by atoms with van der Waals surface area (Å²) >= 11 is 0. The molecule has 0 unspecified atom stereocenters. The lowest BCUT2D eigenvalue weighted by atomic mass is 10.2. The Balaban J connectivity index is 2.19. The van der Waals surface area contributed by atoms with Crippen LogP contribution in [0, 0.1) is 0 Å². The quantitative estimate of drug-likeness (QED) is 0.941. The summed E-state index contributed by atoms with van der Waals surface area (Å²) in [6, 6.07) is 12.8. The largest absolute Gasteiger partial charge is 0.497 e. The van der Waals surface area contributed by atoms with Crippen molar-refractivity contribution in [3.63, 3.8) is 0 Å². The van der Waals surface area contributed by atoms with E-state index in [9.17, 15) is 13.2 Å². The van der Waals surface area contributed by atoms with Gasteiger partial charge in [-0.15, -0.1) is 0 Å². The second kappa shape index (κ2) is 5.97. The van der Waals surface area contributed by atoms with Gasteiger partial charge in [0.25, 0.3) is 5.91 Å². The van der Waals surface area contributed by atoms with E-state index < -0.39 is 9.84 Å². The van der Waals surface area contributed by atoms with Gasteiger partial charge in [-0.1, -0.05) is 6.07 Å². The van der Waals surface area contributed by atoms with Gasteiger partial charge in [-0.05, 0) is 42.5 Å². The van der Waals surface area contributed by atoms with Crippen LogP contribution < -0.4 is 10.1 Å². The van der Waals surface area contributed by atoms with Crippen molar-refractivity contribution in [2.45, 2.75) is 4.90 Å². The fraction of sp³-hybridized carbons (Fsp3) is 0.133. The van der Waals surface area contributed by atoms with Crippen LogP contribution in [0.5, 0.6) is 5.75 Å². The molecule has 1 N–H and O–H groups in total. The number of carbonyl (C=O) groups is 1. The summed E-state index contributed by atoms with van der Waals surface area (Å²) in [6.07, 6.45) is 1.12. The van der Waals surface area contributed by atoms with Crippen molar-refractivity contribution in [3.05, 3.63) is 54.1 Å². The first kappa shape index (κ1) is 15.1. The second-order valence-electron chi connectivity index (χ2n) is 4.48. The first-order valence-electron chi connectivity index (χ1n) is 6.15. The molecular formula is C15H15NO4S. The van der Waals surface area contributed by atoms with Crippen molar-refractivity contribution in [1.82, 2.24) is 0 Å². The van der Waals surface area contributed by atoms with Crippen LogP contribution in [0.15, 0.2) is 53.4 Å². The Kier molecular flexibility index (Phi) is 4.28. The number of rotatable bonds is 4. The van der Waals surface area contributed by atoms with Crippen LogP contribution in [0.4, 0.5) is 5.69 Å². The monoisotopic (exact) mass is 305 g/mol. The second-order valence-corrected chi connectivity index (χ2v) is 6.50. The molecule has 2 aromatic carbocycles. The molecule has 0 fully saturated rings. The highest BCUT2D eigenvalue weighted by atomic mass is 32.2. The van der Waals surface area contributed by atoms with E-state index >= 15 is 0 Å². The number of methoxy groups -OCH3 is 1. The summed E-state index contributed by atoms with van der Waals surface area (Å²) in [4.78, 5) is 12.2. The minimum Gasteiger partial charge on any atom is -0.497 e. The number of nitrogens with one attached hydrogen (secondary N) is 1. The van der Waals surface area contributed by atoms with Crippen molar-refractivity contribution >= 4 is 21.4 Å². The minimum atomic E-state index is -3.30. The van der Waals surface area contributed by atoms with E-state index in [2.05, 4.69) is 5.32 Å². The van der Waals surface area contributed by atoms with Crippen LogP contribution in [0.2, 0.25) is 0 Å². The number of hydrogen-bond acceptors (Lipinski definition) is 4. The standard InChI is InChI=1S/C15H15NO4S/c1-20-13-8-6-11(7-9-13)15(17)16-12-4-3-5-14(10-12)21(2,18)19/h3-10H,1-2H3,(H,16,17). The molecule has 2 rings (SSSR count). The summed E-state index contributed by atoms with van der Waals surface area (Å²) in [5.41, 5.74) is 0.888. The van der Waals surface area contributed by atoms with Gasteiger partial charge in [0, 0.05) is 17.5 Å². The smallest absolute Gasteiger partial charge is 0.255 e. The highest BCUT2D eigenvalue weighted by molar-refractivity contribution is 7.90. The minimum absolute atomic E-state index is 0.162. The zero-order chi connectivity index (χ0) is 15.5. The molecule has 0 saturated carbocycles. The van der Waals surface area contributed by atoms with E-state index in [1.165, 1.54) is 12.1 Å². The van der Waals surface area contributed by atoms with Crippen LogP contribution in [0.25, 0.3) is 0 Å². The van der Waals surface area contributed by atoms with E-state index in [1.807, 2.05) is 0 Å². The van der Waals surface area contributed by atoms with Gasteiger partial charge in [0.1, 0.15) is 5.75 Å². The van der Waals surface area contributed by atoms with Crippen LogP contribution in [-0.2, 0) is 9.84 Å². The van der Waals surface area contributed by atoms with Crippen molar-refractivity contribution < 1.29 is 17.9 Å². The average molecular weight is 305 g/mol. The molecule has 1 amide bonds. The lowest BCUT2D eigenvalue weighted by Crippen LogP contribution is -2.12. The summed E-state index contributed by atoms with van der Waals surface area (Å²) in [5.74, 6) is 0.342. The lowest BCUT2D eigenvalue weighted by Gasteiger charge is -2.07. The number of hydrogen-bond donors (Lipinski definition) is 1. The Labute approximate surface area is 123 Å². The lowest BCUT2D eigenvalue weighted by molar-refractivity contribution is 0.102. The van der Waals surface area contributed by atoms with Gasteiger partial charge in [0.05, 0.1) is 12.0 Å². The van der Waals surface area contributed by atoms with Crippen LogP contribution in [-0.4, -0.2) is 27.7 Å². The van der Waals surface area contributed by atoms with Crippen molar-refractivity contribution in [2.24, 2.45) is 0 Å². The molecule has 5 nitrogen and oxygen atoms in total. The SMILES string of the molecule is COc1ccc(C(=O)Nc2cccc(S(C)(=O)=O)c2)cc1. The number of amides is 1. The number of sulfone groups is 1. The molecule has 0 bridgehead atoms. The van der Waals surface area contributed by atoms with Crippen LogP contribution in [0.1, 0.15) is 10.4 Å². The molecule has 0 atom stereocenters. The zero-order valence-electron chi connectivity index (χ0n) is 11.7. The van der Waals surface area contributed by atoms with E-state index in [0.29, 0.717) is 17.0 Å². The average Bonchev–Trinajstić information content (AvgIpc) is 2.47. The van der Waals surface area contributed by atoms with Crippen molar-refractivity contribution in [1.29, 1.82) is 0 Å². The molecule has 21 heavy (non-hydrogen) atoms. The number of carbonyl (C=O) groups excluding carboxylic acids is 1. The highest BCUT2D eigenvalue weighted by Gasteiger charge is 2.10. The maximum Gasteiger partial charge on any atom is 0.255 e. The maximum absolute atomic E-state index is 12.1. The molecule has 2 aromatic rings. The maximum atomic E-state index is 12.1. The fourth-order valence-electron chi connectivity index (χ4n) is 1.75. The normalized spacial score (nSPS) is 11.0. The Morgan fingerprint density at radius 2 is 1.76 bits per heavy atom. The first-order chi connectivity index (χ1) is 9.90. The van der Waals surface area contributed by atoms with E-state index in [0.717, 1.165) is 6.26 Å². The number of benzene rings is 2. The Morgan fingerprint density at radius 1 is 1.10 bits per heavy atom. The third-order valence-electron chi connectivity index (χ3n) is 2.87. The first-order valence-corrected chi connectivity index (χ1v) is 8.05. The molecule has 0 aliphatic carbocycles. The van der Waals surface area contributed by atoms with Crippen LogP contribution >= 0.6 is 0 Å². The summed E-state index contributed by atoms with van der Waals surface area (Å²) < 4.78 is 28.0. The van der Waals surface area contributed by atoms with Gasteiger partial charge < -0.3 is 10.1 Å². The molecular weight excluding hydrogens is 290 g/mol. The summed E-state index contributed by atoms with van der Waals surface area (Å²) in [7, 11) is -1.76. The summed E-state index contributed by atoms with van der Waals surface area (Å²) in [5, 5.41) is 2.66. The fourth-order valence-corrected chi connectivity index (χ4v) is 2.42. The number of anilines is 1. The Bertz CT molecular complexity index is 751. The van der Waals surface area contributed by atoms with Gasteiger partial charge in [-0.3, -0.25) is 4.79 Å². The molecule has 0 radical (unpaired) electrons. The molecule has 0 saturated heterocycles. The van der Waals surface area contributed by atoms with Crippen molar-refractivity contribution in [3.8, 4) is 5.75 Å². The predicted octanol–water partition coefficient (Wildman–Crippen LogP) is 2.35. The Morgan fingerprint density at radius 3 is 2.33 bits per heavy atom. The molecule has 0 aromatic heterocycles. The Hall–Kier alpha value is -2.34. The molecule has 6 heteroatoms. The molecule has 0 aliphatic rings. The van der Waals surface area contributed by atoms with E-state index in [-0.39, 0.29) is 10.8 Å². The number of ether oxygens (including phenoxy) is 1. The van der Waals surface area contributed by atoms with Gasteiger partial charge in [0.15, 0.2) is 9.84 Å². The van der Waals surface area contributed by atoms with E-state index in [4.69, 9.17) is 4.74 Å². The van der Waals surface area contributed by atoms with Gasteiger partial charge >= 0.3 is 0 Å². The van der Waals surface area contributed by atoms with Gasteiger partial charge in [-0.25, -0.2) is 8.42 Å². The molecule has 0 spiro atoms. The predicted molar refractivity (Wildman–Crippen MR) is 80.5 cm³/mol.